The fourth-order valence-electron chi connectivity index (χ4n) is 2.98. The third-order valence-corrected chi connectivity index (χ3v) is 4.51. The molecule has 0 spiro atoms. The van der Waals surface area contributed by atoms with Gasteiger partial charge in [-0.1, -0.05) is 60.7 Å². The van der Waals surface area contributed by atoms with Crippen LogP contribution in [0.25, 0.3) is 0 Å². The summed E-state index contributed by atoms with van der Waals surface area (Å²) in [7, 11) is 0. The van der Waals surface area contributed by atoms with E-state index in [2.05, 4.69) is 0 Å². The van der Waals surface area contributed by atoms with Crippen LogP contribution >= 0.6 is 0 Å². The molecule has 0 fully saturated rings. The first-order valence-electron chi connectivity index (χ1n) is 8.86. The van der Waals surface area contributed by atoms with Gasteiger partial charge < -0.3 is 19.5 Å². The van der Waals surface area contributed by atoms with Crippen molar-refractivity contribution in [2.24, 2.45) is 0 Å². The number of pyridine rings is 1. The van der Waals surface area contributed by atoms with Crippen LogP contribution in [0.3, 0.4) is 0 Å². The number of benzene rings is 2. The molecule has 144 valence electrons. The number of aliphatic hydroxyl groups excluding tert-OH is 1. The Hall–Kier alpha value is -3.38. The lowest BCUT2D eigenvalue weighted by Crippen LogP contribution is -2.23. The van der Waals surface area contributed by atoms with Crippen LogP contribution < -0.4 is 10.2 Å². The number of aliphatic hydroxyl groups is 1. The predicted octanol–water partition coefficient (Wildman–Crippen LogP) is 3.15. The third kappa shape index (κ3) is 4.13. The summed E-state index contributed by atoms with van der Waals surface area (Å²) >= 11 is 0. The molecule has 3 aromatic rings. The Labute approximate surface area is 162 Å². The van der Waals surface area contributed by atoms with Crippen LogP contribution in [0.2, 0.25) is 0 Å². The minimum atomic E-state index is -1.08. The third-order valence-electron chi connectivity index (χ3n) is 4.51. The molecular weight excluding hydrogens is 358 g/mol. The van der Waals surface area contributed by atoms with Crippen LogP contribution in [0.4, 0.5) is 0 Å². The number of nitrogens with zero attached hydrogens (tertiary/aromatic N) is 1. The lowest BCUT2D eigenvalue weighted by molar-refractivity contribution is -0.140. The molecule has 1 aromatic heterocycles. The molecule has 0 aliphatic rings. The van der Waals surface area contributed by atoms with E-state index in [1.54, 1.807) is 0 Å². The molecular formula is C22H21NO5. The van der Waals surface area contributed by atoms with Crippen molar-refractivity contribution in [3.05, 3.63) is 100.0 Å². The van der Waals surface area contributed by atoms with Gasteiger partial charge in [0.25, 0.3) is 0 Å². The molecule has 0 radical (unpaired) electrons. The normalized spacial score (nSPS) is 12.0. The molecule has 3 rings (SSSR count). The van der Waals surface area contributed by atoms with Crippen molar-refractivity contribution in [1.82, 2.24) is 4.57 Å². The highest BCUT2D eigenvalue weighted by molar-refractivity contribution is 5.71. The molecule has 0 aliphatic heterocycles. The van der Waals surface area contributed by atoms with Crippen molar-refractivity contribution < 1.29 is 19.7 Å². The molecule has 1 unspecified atom stereocenters. The maximum absolute atomic E-state index is 12.5. The Balaban J connectivity index is 2.07. The van der Waals surface area contributed by atoms with Gasteiger partial charge in [-0.25, -0.2) is 4.79 Å². The lowest BCUT2D eigenvalue weighted by Gasteiger charge is -2.22. The molecule has 28 heavy (non-hydrogen) atoms. The van der Waals surface area contributed by atoms with E-state index in [1.807, 2.05) is 60.7 Å². The van der Waals surface area contributed by atoms with E-state index >= 15 is 0 Å². The number of ether oxygens (including phenoxy) is 1. The van der Waals surface area contributed by atoms with Gasteiger partial charge in [-0.3, -0.25) is 4.79 Å². The molecule has 0 bridgehead atoms. The number of hydrogen-bond donors (Lipinski definition) is 2. The van der Waals surface area contributed by atoms with E-state index < -0.39 is 30.2 Å². The molecule has 2 aromatic carbocycles. The predicted molar refractivity (Wildman–Crippen MR) is 104 cm³/mol. The van der Waals surface area contributed by atoms with Crippen molar-refractivity contribution in [1.29, 1.82) is 0 Å². The highest BCUT2D eigenvalue weighted by Gasteiger charge is 2.21. The molecule has 1 heterocycles. The average molecular weight is 379 g/mol. The van der Waals surface area contributed by atoms with E-state index in [4.69, 9.17) is 4.74 Å². The average Bonchev–Trinajstić information content (AvgIpc) is 2.73. The first-order valence-corrected chi connectivity index (χ1v) is 8.86. The van der Waals surface area contributed by atoms with Crippen LogP contribution in [0, 0.1) is 0 Å². The van der Waals surface area contributed by atoms with E-state index in [0.717, 1.165) is 11.1 Å². The van der Waals surface area contributed by atoms with E-state index in [1.165, 1.54) is 23.8 Å². The minimum Gasteiger partial charge on any atom is -0.480 e. The number of aliphatic carboxylic acids is 1. The smallest absolute Gasteiger partial charge is 0.326 e. The van der Waals surface area contributed by atoms with Gasteiger partial charge in [-0.15, -0.1) is 0 Å². The topological polar surface area (TPSA) is 88.8 Å². The monoisotopic (exact) mass is 379 g/mol. The first kappa shape index (κ1) is 19.4. The molecule has 1 atom stereocenters. The standard InChI is InChI=1S/C22H21NO5/c1-15(22(26)27)23-13-20(19(25)12-18(23)14-24)28-21(16-8-4-2-5-9-16)17-10-6-3-7-11-17/h2-13,15,21,24H,14H2,1H3,(H,26,27). The van der Waals surface area contributed by atoms with Gasteiger partial charge in [0.15, 0.2) is 5.75 Å². The van der Waals surface area contributed by atoms with Gasteiger partial charge in [0.2, 0.25) is 5.43 Å². The Kier molecular flexibility index (Phi) is 5.91. The second kappa shape index (κ2) is 8.54. The minimum absolute atomic E-state index is 0.0167. The molecule has 0 saturated heterocycles. The zero-order valence-electron chi connectivity index (χ0n) is 15.4. The van der Waals surface area contributed by atoms with Crippen LogP contribution in [0.1, 0.15) is 35.9 Å². The molecule has 2 N–H and O–H groups in total. The van der Waals surface area contributed by atoms with E-state index in [9.17, 15) is 19.8 Å². The zero-order valence-corrected chi connectivity index (χ0v) is 15.4. The number of carboxylic acids is 1. The Morgan fingerprint density at radius 3 is 2.04 bits per heavy atom. The van der Waals surface area contributed by atoms with Crippen molar-refractivity contribution in [3.8, 4) is 5.75 Å². The Morgan fingerprint density at radius 2 is 1.57 bits per heavy atom. The van der Waals surface area contributed by atoms with Gasteiger partial charge >= 0.3 is 5.97 Å². The molecule has 0 saturated carbocycles. The summed E-state index contributed by atoms with van der Waals surface area (Å²) in [5, 5.41) is 18.8. The summed E-state index contributed by atoms with van der Waals surface area (Å²) in [4.78, 5) is 24.0. The number of rotatable bonds is 7. The molecule has 0 aliphatic carbocycles. The first-order chi connectivity index (χ1) is 13.5. The highest BCUT2D eigenvalue weighted by atomic mass is 16.5. The summed E-state index contributed by atoms with van der Waals surface area (Å²) in [5.41, 5.74) is 1.51. The van der Waals surface area contributed by atoms with Gasteiger partial charge in [-0.2, -0.15) is 0 Å². The second-order valence-electron chi connectivity index (χ2n) is 6.39. The fraction of sp³-hybridized carbons (Fsp3) is 0.182. The summed E-state index contributed by atoms with van der Waals surface area (Å²) in [6, 6.07) is 19.2. The zero-order chi connectivity index (χ0) is 20.1. The highest BCUT2D eigenvalue weighted by Crippen LogP contribution is 2.27. The van der Waals surface area contributed by atoms with Crippen molar-refractivity contribution >= 4 is 5.97 Å². The molecule has 6 heteroatoms. The van der Waals surface area contributed by atoms with Crippen LogP contribution in [-0.2, 0) is 11.4 Å². The van der Waals surface area contributed by atoms with Crippen LogP contribution in [0.5, 0.6) is 5.75 Å². The largest absolute Gasteiger partial charge is 0.480 e. The van der Waals surface area contributed by atoms with Crippen LogP contribution in [0.15, 0.2) is 77.7 Å². The maximum Gasteiger partial charge on any atom is 0.326 e. The summed E-state index contributed by atoms with van der Waals surface area (Å²) in [6.07, 6.45) is 0.814. The van der Waals surface area contributed by atoms with E-state index in [0.29, 0.717) is 0 Å². The van der Waals surface area contributed by atoms with Crippen molar-refractivity contribution in [2.45, 2.75) is 25.7 Å². The number of carbonyl (C=O) groups is 1. The summed E-state index contributed by atoms with van der Waals surface area (Å²) < 4.78 is 7.42. The van der Waals surface area contributed by atoms with Gasteiger partial charge in [0.05, 0.1) is 12.8 Å². The SMILES string of the molecule is CC(C(=O)O)n1cc(OC(c2ccccc2)c2ccccc2)c(=O)cc1CO. The van der Waals surface area contributed by atoms with Gasteiger partial charge in [0, 0.05) is 11.8 Å². The van der Waals surface area contributed by atoms with Crippen LogP contribution in [-0.4, -0.2) is 20.7 Å². The number of hydrogen-bond acceptors (Lipinski definition) is 4. The van der Waals surface area contributed by atoms with E-state index in [-0.39, 0.29) is 11.4 Å². The van der Waals surface area contributed by atoms with Gasteiger partial charge in [0.1, 0.15) is 12.1 Å². The van der Waals surface area contributed by atoms with Crippen molar-refractivity contribution in [2.75, 3.05) is 0 Å². The number of aromatic nitrogens is 1. The Bertz CT molecular complexity index is 959. The van der Waals surface area contributed by atoms with Crippen molar-refractivity contribution in [3.63, 3.8) is 0 Å². The molecule has 6 nitrogen and oxygen atoms in total. The summed E-state index contributed by atoms with van der Waals surface area (Å²) in [5.74, 6) is -1.06. The second-order valence-corrected chi connectivity index (χ2v) is 6.39. The summed E-state index contributed by atoms with van der Waals surface area (Å²) in [6.45, 7) is 1.02. The number of carboxylic acid groups (broad SMARTS) is 1. The Morgan fingerprint density at radius 1 is 1.04 bits per heavy atom. The maximum atomic E-state index is 12.5. The fourth-order valence-corrected chi connectivity index (χ4v) is 2.98. The molecule has 0 amide bonds. The quantitative estimate of drug-likeness (QED) is 0.658. The lowest BCUT2D eigenvalue weighted by atomic mass is 10.0. The van der Waals surface area contributed by atoms with Gasteiger partial charge in [-0.05, 0) is 18.1 Å².